The summed E-state index contributed by atoms with van der Waals surface area (Å²) in [7, 11) is -3.71. The maximum absolute atomic E-state index is 13.3. The number of fused-ring (bicyclic) bond motifs is 1. The summed E-state index contributed by atoms with van der Waals surface area (Å²) in [4.78, 5) is 15.6. The number of carbonyl (C=O) groups is 1. The predicted octanol–water partition coefficient (Wildman–Crippen LogP) is 4.80. The molecule has 8 nitrogen and oxygen atoms in total. The molecular formula is C29H29ClN4O4S. The zero-order valence-electron chi connectivity index (χ0n) is 21.2. The Bertz CT molecular complexity index is 1550. The Morgan fingerprint density at radius 3 is 2.51 bits per heavy atom. The average Bonchev–Trinajstić information content (AvgIpc) is 3.72. The summed E-state index contributed by atoms with van der Waals surface area (Å²) in [5.74, 6) is 0.0936. The van der Waals surface area contributed by atoms with Crippen LogP contribution in [0.1, 0.15) is 24.0 Å². The second-order valence-corrected chi connectivity index (χ2v) is 12.1. The first kappa shape index (κ1) is 25.9. The van der Waals surface area contributed by atoms with E-state index in [1.165, 1.54) is 6.07 Å². The first-order valence-corrected chi connectivity index (χ1v) is 14.9. The van der Waals surface area contributed by atoms with Crippen molar-refractivity contribution < 1.29 is 17.9 Å². The number of amides is 1. The van der Waals surface area contributed by atoms with E-state index >= 15 is 0 Å². The lowest BCUT2D eigenvalue weighted by Gasteiger charge is -2.29. The quantitative estimate of drug-likeness (QED) is 0.340. The number of carbonyl (C=O) groups excluding carboxylic acids is 1. The molecule has 1 amide bonds. The van der Waals surface area contributed by atoms with Gasteiger partial charge in [-0.3, -0.25) is 4.79 Å². The van der Waals surface area contributed by atoms with Gasteiger partial charge in [0.25, 0.3) is 5.91 Å². The fraction of sp³-hybridized carbons (Fsp3) is 0.276. The van der Waals surface area contributed by atoms with Crippen molar-refractivity contribution in [2.24, 2.45) is 5.92 Å². The summed E-state index contributed by atoms with van der Waals surface area (Å²) in [6, 6.07) is 20.0. The number of halogens is 1. The van der Waals surface area contributed by atoms with E-state index < -0.39 is 10.0 Å². The molecule has 2 fully saturated rings. The van der Waals surface area contributed by atoms with Gasteiger partial charge in [0.1, 0.15) is 0 Å². The molecule has 10 heteroatoms. The van der Waals surface area contributed by atoms with Gasteiger partial charge in [-0.15, -0.1) is 0 Å². The largest absolute Gasteiger partial charge is 0.378 e. The number of hydrogen-bond acceptors (Lipinski definition) is 6. The van der Waals surface area contributed by atoms with Crippen LogP contribution < -0.4 is 20.3 Å². The molecule has 3 N–H and O–H groups in total. The van der Waals surface area contributed by atoms with E-state index in [0.29, 0.717) is 58.9 Å². The number of anilines is 3. The molecular weight excluding hydrogens is 536 g/mol. The third-order valence-corrected chi connectivity index (χ3v) is 8.91. The van der Waals surface area contributed by atoms with Gasteiger partial charge in [0, 0.05) is 36.6 Å². The maximum Gasteiger partial charge on any atom is 0.258 e. The van der Waals surface area contributed by atoms with Crippen molar-refractivity contribution in [2.45, 2.75) is 17.7 Å². The Morgan fingerprint density at radius 2 is 1.79 bits per heavy atom. The number of hydrogen-bond donors (Lipinski definition) is 3. The van der Waals surface area contributed by atoms with Gasteiger partial charge < -0.3 is 20.3 Å². The van der Waals surface area contributed by atoms with Gasteiger partial charge in [0.15, 0.2) is 0 Å². The van der Waals surface area contributed by atoms with Crippen LogP contribution in [0.5, 0.6) is 0 Å². The highest BCUT2D eigenvalue weighted by atomic mass is 35.5. The van der Waals surface area contributed by atoms with Crippen molar-refractivity contribution in [1.82, 2.24) is 4.72 Å². The molecule has 2 heterocycles. The van der Waals surface area contributed by atoms with E-state index in [9.17, 15) is 13.2 Å². The Labute approximate surface area is 233 Å². The Balaban J connectivity index is 1.39. The lowest BCUT2D eigenvalue weighted by Crippen LogP contribution is -2.36. The maximum atomic E-state index is 13.3. The van der Waals surface area contributed by atoms with Crippen LogP contribution in [0.3, 0.4) is 0 Å². The topological polar surface area (TPSA) is 99.8 Å². The average molecular weight is 565 g/mol. The van der Waals surface area contributed by atoms with Gasteiger partial charge in [0.05, 0.1) is 40.1 Å². The van der Waals surface area contributed by atoms with Crippen molar-refractivity contribution in [3.63, 3.8) is 0 Å². The lowest BCUT2D eigenvalue weighted by atomic mass is 10.00. The van der Waals surface area contributed by atoms with Crippen molar-refractivity contribution in [3.05, 3.63) is 82.9 Å². The molecule has 6 rings (SSSR count). The fourth-order valence-electron chi connectivity index (χ4n) is 4.87. The summed E-state index contributed by atoms with van der Waals surface area (Å²) < 4.78 is 34.2. The van der Waals surface area contributed by atoms with Crippen molar-refractivity contribution in [2.75, 3.05) is 48.4 Å². The summed E-state index contributed by atoms with van der Waals surface area (Å²) >= 11 is 6.70. The highest BCUT2D eigenvalue weighted by molar-refractivity contribution is 7.89. The van der Waals surface area contributed by atoms with Gasteiger partial charge in [0.2, 0.25) is 10.0 Å². The van der Waals surface area contributed by atoms with E-state index in [-0.39, 0.29) is 10.8 Å². The summed E-state index contributed by atoms with van der Waals surface area (Å²) in [5.41, 5.74) is 4.43. The Kier molecular flexibility index (Phi) is 7.07. The molecule has 0 unspecified atom stereocenters. The first-order valence-electron chi connectivity index (χ1n) is 13.0. The number of nitrogens with zero attached hydrogens (tertiary/aromatic N) is 1. The normalized spacial score (nSPS) is 18.5. The van der Waals surface area contributed by atoms with Gasteiger partial charge in [-0.25, -0.2) is 13.1 Å². The number of morpholine rings is 1. The molecule has 3 aromatic carbocycles. The van der Waals surface area contributed by atoms with E-state index in [2.05, 4.69) is 20.3 Å². The van der Waals surface area contributed by atoms with Crippen LogP contribution in [0.15, 0.2) is 71.6 Å². The van der Waals surface area contributed by atoms with Crippen LogP contribution >= 0.6 is 11.6 Å². The summed E-state index contributed by atoms with van der Waals surface area (Å²) in [6.45, 7) is 3.27. The number of rotatable bonds is 8. The fourth-order valence-corrected chi connectivity index (χ4v) is 6.31. The number of ether oxygens (including phenoxy) is 1. The third kappa shape index (κ3) is 5.53. The standard InChI is InChI=1S/C29H29ClN4O4S/c30-24-16-21(8-11-26(24)34-12-14-38-15-13-34)32-28(20-4-2-1-3-5-20)27-23-17-22(9-10-25(23)33-29(27)35)39(36,37)31-18-19-6-7-19/h1-5,8-11,16-17,19,31-32H,6-7,12-15,18H2,(H,33,35)/b28-27-. The molecule has 39 heavy (non-hydrogen) atoms. The molecule has 2 aliphatic heterocycles. The molecule has 0 aromatic heterocycles. The molecule has 3 aromatic rings. The molecule has 202 valence electrons. The zero-order chi connectivity index (χ0) is 27.0. The van der Waals surface area contributed by atoms with E-state index in [0.717, 1.165) is 37.2 Å². The molecule has 0 radical (unpaired) electrons. The molecule has 1 aliphatic carbocycles. The van der Waals surface area contributed by atoms with Gasteiger partial charge in [-0.05, 0) is 60.7 Å². The highest BCUT2D eigenvalue weighted by Crippen LogP contribution is 2.39. The zero-order valence-corrected chi connectivity index (χ0v) is 22.8. The molecule has 0 bridgehead atoms. The van der Waals surface area contributed by atoms with Crippen molar-refractivity contribution in [1.29, 1.82) is 0 Å². The Hall–Kier alpha value is -3.37. The minimum absolute atomic E-state index is 0.126. The first-order chi connectivity index (χ1) is 18.9. The minimum atomic E-state index is -3.71. The van der Waals surface area contributed by atoms with Crippen LogP contribution in [-0.4, -0.2) is 47.2 Å². The van der Waals surface area contributed by atoms with Gasteiger partial charge in [-0.2, -0.15) is 0 Å². The minimum Gasteiger partial charge on any atom is -0.378 e. The monoisotopic (exact) mass is 564 g/mol. The van der Waals surface area contributed by atoms with E-state index in [1.807, 2.05) is 48.5 Å². The Morgan fingerprint density at radius 1 is 1.03 bits per heavy atom. The van der Waals surface area contributed by atoms with Gasteiger partial charge >= 0.3 is 0 Å². The third-order valence-electron chi connectivity index (χ3n) is 7.19. The molecule has 0 spiro atoms. The molecule has 1 saturated heterocycles. The van der Waals surface area contributed by atoms with Crippen LogP contribution in [0.25, 0.3) is 11.3 Å². The van der Waals surface area contributed by atoms with Crippen LogP contribution in [-0.2, 0) is 19.6 Å². The lowest BCUT2D eigenvalue weighted by molar-refractivity contribution is -0.110. The highest BCUT2D eigenvalue weighted by Gasteiger charge is 2.31. The number of sulfonamides is 1. The smallest absolute Gasteiger partial charge is 0.258 e. The van der Waals surface area contributed by atoms with Crippen LogP contribution in [0.2, 0.25) is 5.02 Å². The second-order valence-electron chi connectivity index (χ2n) is 9.96. The molecule has 3 aliphatic rings. The number of nitrogens with one attached hydrogen (secondary N) is 3. The van der Waals surface area contributed by atoms with E-state index in [1.54, 1.807) is 12.1 Å². The van der Waals surface area contributed by atoms with Crippen LogP contribution in [0, 0.1) is 5.92 Å². The number of benzene rings is 3. The second kappa shape index (κ2) is 10.7. The van der Waals surface area contributed by atoms with E-state index in [4.69, 9.17) is 16.3 Å². The SMILES string of the molecule is O=C1Nc2ccc(S(=O)(=O)NCC3CC3)cc2/C1=C(/Nc1ccc(N2CCOCC2)c(Cl)c1)c1ccccc1. The van der Waals surface area contributed by atoms with Crippen molar-refractivity contribution >= 4 is 55.9 Å². The predicted molar refractivity (Wildman–Crippen MR) is 154 cm³/mol. The molecule has 0 atom stereocenters. The van der Waals surface area contributed by atoms with Crippen molar-refractivity contribution in [3.8, 4) is 0 Å². The summed E-state index contributed by atoms with van der Waals surface area (Å²) in [5, 5.41) is 6.89. The van der Waals surface area contributed by atoms with Gasteiger partial charge in [-0.1, -0.05) is 41.9 Å². The molecule has 1 saturated carbocycles. The summed E-state index contributed by atoms with van der Waals surface area (Å²) in [6.07, 6.45) is 2.09. The van der Waals surface area contributed by atoms with Crippen LogP contribution in [0.4, 0.5) is 17.1 Å².